The van der Waals surface area contributed by atoms with Gasteiger partial charge in [-0.05, 0) is 35.1 Å². The van der Waals surface area contributed by atoms with Gasteiger partial charge >= 0.3 is 0 Å². The summed E-state index contributed by atoms with van der Waals surface area (Å²) in [6.45, 7) is 5.60. The highest BCUT2D eigenvalue weighted by atomic mass is 16.7. The van der Waals surface area contributed by atoms with E-state index in [9.17, 15) is 0 Å². The fourth-order valence-electron chi connectivity index (χ4n) is 6.80. The van der Waals surface area contributed by atoms with Crippen molar-refractivity contribution in [3.8, 4) is 0 Å². The van der Waals surface area contributed by atoms with Crippen LogP contribution in [0.1, 0.15) is 39.4 Å². The first-order valence-corrected chi connectivity index (χ1v) is 14.3. The molecule has 4 aromatic rings. The highest BCUT2D eigenvalue weighted by Crippen LogP contribution is 2.45. The maximum Gasteiger partial charge on any atom is 0.223 e. The van der Waals surface area contributed by atoms with Crippen LogP contribution in [-0.4, -0.2) is 55.2 Å². The topological polar surface area (TPSA) is 24.9 Å². The lowest BCUT2D eigenvalue weighted by atomic mass is 9.93. The number of piperazine rings is 1. The van der Waals surface area contributed by atoms with Crippen molar-refractivity contribution in [2.24, 2.45) is 0 Å². The Morgan fingerprint density at radius 3 is 1.72 bits per heavy atom. The molecule has 0 amide bonds. The second-order valence-electron chi connectivity index (χ2n) is 11.0. The molecule has 4 nitrogen and oxygen atoms in total. The van der Waals surface area contributed by atoms with Crippen LogP contribution in [0.5, 0.6) is 0 Å². The van der Waals surface area contributed by atoms with Crippen LogP contribution >= 0.6 is 0 Å². The van der Waals surface area contributed by atoms with E-state index in [1.807, 2.05) is 0 Å². The van der Waals surface area contributed by atoms with Crippen LogP contribution < -0.4 is 0 Å². The monoisotopic (exact) mass is 516 g/mol. The molecule has 4 heteroatoms. The third-order valence-electron chi connectivity index (χ3n) is 8.68. The van der Waals surface area contributed by atoms with Crippen LogP contribution in [0.4, 0.5) is 0 Å². The van der Waals surface area contributed by atoms with Crippen LogP contribution in [0.3, 0.4) is 0 Å². The summed E-state index contributed by atoms with van der Waals surface area (Å²) in [7, 11) is 0. The molecule has 0 N–H and O–H groups in total. The Morgan fingerprint density at radius 2 is 1.15 bits per heavy atom. The molecular formula is C35H36N2O2. The van der Waals surface area contributed by atoms with Gasteiger partial charge in [-0.15, -0.1) is 0 Å². The number of hydrogen-bond acceptors (Lipinski definition) is 4. The molecule has 2 saturated heterocycles. The van der Waals surface area contributed by atoms with Gasteiger partial charge in [0.2, 0.25) is 5.79 Å². The van der Waals surface area contributed by atoms with E-state index in [2.05, 4.69) is 119 Å². The van der Waals surface area contributed by atoms with E-state index in [-0.39, 0.29) is 12.1 Å². The first-order valence-electron chi connectivity index (χ1n) is 14.3. The molecule has 4 aromatic carbocycles. The summed E-state index contributed by atoms with van der Waals surface area (Å²) in [6.07, 6.45) is 2.06. The largest absolute Gasteiger partial charge is 0.339 e. The number of hydrogen-bond donors (Lipinski definition) is 0. The first-order chi connectivity index (χ1) is 19.3. The van der Waals surface area contributed by atoms with Gasteiger partial charge in [-0.3, -0.25) is 9.80 Å². The van der Waals surface area contributed by atoms with Crippen LogP contribution in [0.15, 0.2) is 109 Å². The molecule has 1 spiro atoms. The van der Waals surface area contributed by atoms with Crippen molar-refractivity contribution < 1.29 is 9.47 Å². The van der Waals surface area contributed by atoms with Crippen molar-refractivity contribution in [3.63, 3.8) is 0 Å². The fraction of sp³-hybridized carbons (Fsp3) is 0.314. The normalized spacial score (nSPS) is 21.0. The molecule has 2 fully saturated rings. The average Bonchev–Trinajstić information content (AvgIpc) is 3.37. The van der Waals surface area contributed by atoms with Crippen molar-refractivity contribution in [1.82, 2.24) is 9.80 Å². The maximum absolute atomic E-state index is 6.96. The van der Waals surface area contributed by atoms with Gasteiger partial charge in [-0.1, -0.05) is 109 Å². The molecule has 0 aromatic heterocycles. The van der Waals surface area contributed by atoms with Crippen molar-refractivity contribution in [2.75, 3.05) is 39.3 Å². The SMILES string of the molecule is c1ccc(C(c2ccccc2)N2CCN(CC3COC4(O3)c3ccccc3CCc3ccccc34)CC2)cc1. The molecule has 0 radical (unpaired) electrons. The number of ether oxygens (including phenoxy) is 2. The van der Waals surface area contributed by atoms with E-state index < -0.39 is 5.79 Å². The van der Waals surface area contributed by atoms with Crippen molar-refractivity contribution in [1.29, 1.82) is 0 Å². The van der Waals surface area contributed by atoms with E-state index in [0.717, 1.165) is 45.6 Å². The minimum Gasteiger partial charge on any atom is -0.339 e. The van der Waals surface area contributed by atoms with Crippen LogP contribution in [0.2, 0.25) is 0 Å². The van der Waals surface area contributed by atoms with E-state index in [0.29, 0.717) is 6.61 Å². The molecule has 198 valence electrons. The minimum atomic E-state index is -0.804. The van der Waals surface area contributed by atoms with E-state index in [4.69, 9.17) is 9.47 Å². The van der Waals surface area contributed by atoms with Gasteiger partial charge in [0.1, 0.15) is 0 Å². The van der Waals surface area contributed by atoms with Gasteiger partial charge in [-0.25, -0.2) is 0 Å². The Labute approximate surface area is 231 Å². The molecule has 2 heterocycles. The molecular weight excluding hydrogens is 480 g/mol. The summed E-state index contributed by atoms with van der Waals surface area (Å²) in [5, 5.41) is 0. The zero-order valence-corrected chi connectivity index (χ0v) is 22.4. The summed E-state index contributed by atoms with van der Waals surface area (Å²) >= 11 is 0. The van der Waals surface area contributed by atoms with Crippen molar-refractivity contribution in [2.45, 2.75) is 30.8 Å². The summed E-state index contributed by atoms with van der Waals surface area (Å²) in [4.78, 5) is 5.19. The van der Waals surface area contributed by atoms with Crippen LogP contribution in [0, 0.1) is 0 Å². The molecule has 7 rings (SSSR count). The smallest absolute Gasteiger partial charge is 0.223 e. The van der Waals surface area contributed by atoms with E-state index in [1.54, 1.807) is 0 Å². The molecule has 2 aliphatic heterocycles. The Hall–Kier alpha value is -3.28. The molecule has 0 bridgehead atoms. The lowest BCUT2D eigenvalue weighted by molar-refractivity contribution is -0.145. The van der Waals surface area contributed by atoms with Gasteiger partial charge in [-0.2, -0.15) is 0 Å². The van der Waals surface area contributed by atoms with E-state index >= 15 is 0 Å². The van der Waals surface area contributed by atoms with Crippen LogP contribution in [-0.2, 0) is 28.1 Å². The highest BCUT2D eigenvalue weighted by Gasteiger charge is 2.48. The molecule has 1 aliphatic carbocycles. The molecule has 3 aliphatic rings. The number of rotatable bonds is 5. The van der Waals surface area contributed by atoms with Gasteiger partial charge < -0.3 is 9.47 Å². The summed E-state index contributed by atoms with van der Waals surface area (Å²) < 4.78 is 13.6. The Kier molecular flexibility index (Phi) is 6.79. The van der Waals surface area contributed by atoms with Gasteiger partial charge in [0.25, 0.3) is 0 Å². The zero-order valence-electron chi connectivity index (χ0n) is 22.4. The predicted octanol–water partition coefficient (Wildman–Crippen LogP) is 5.81. The second kappa shape index (κ2) is 10.7. The quantitative estimate of drug-likeness (QED) is 0.334. The van der Waals surface area contributed by atoms with E-state index in [1.165, 1.54) is 33.4 Å². The number of benzene rings is 4. The molecule has 1 atom stereocenters. The zero-order chi connectivity index (χ0) is 26.1. The second-order valence-corrected chi connectivity index (χ2v) is 11.0. The average molecular weight is 517 g/mol. The molecule has 1 unspecified atom stereocenters. The standard InChI is InChI=1S/C35H36N2O2/c1-3-13-29(14-4-1)34(30-15-5-2-6-16-30)37-23-21-36(22-24-37)25-31-26-38-35(39-31)32-17-9-7-11-27(32)19-20-28-12-8-10-18-33(28)35/h1-18,31,34H,19-26H2. The number of nitrogens with zero attached hydrogens (tertiary/aromatic N) is 2. The first kappa shape index (κ1) is 24.7. The highest BCUT2D eigenvalue weighted by molar-refractivity contribution is 5.46. The summed E-state index contributed by atoms with van der Waals surface area (Å²) in [6, 6.07) is 39.5. The molecule has 39 heavy (non-hydrogen) atoms. The van der Waals surface area contributed by atoms with Crippen LogP contribution in [0.25, 0.3) is 0 Å². The predicted molar refractivity (Wildman–Crippen MR) is 155 cm³/mol. The summed E-state index contributed by atoms with van der Waals surface area (Å²) in [5.74, 6) is -0.804. The lowest BCUT2D eigenvalue weighted by Crippen LogP contribution is -2.50. The summed E-state index contributed by atoms with van der Waals surface area (Å²) in [5.41, 5.74) is 7.73. The number of aryl methyl sites for hydroxylation is 2. The maximum atomic E-state index is 6.96. The minimum absolute atomic E-state index is 0.0369. The van der Waals surface area contributed by atoms with Crippen molar-refractivity contribution in [3.05, 3.63) is 143 Å². The van der Waals surface area contributed by atoms with Gasteiger partial charge in [0.15, 0.2) is 0 Å². The van der Waals surface area contributed by atoms with Gasteiger partial charge in [0.05, 0.1) is 18.8 Å². The third kappa shape index (κ3) is 4.72. The third-order valence-corrected chi connectivity index (χ3v) is 8.68. The van der Waals surface area contributed by atoms with Crippen molar-refractivity contribution >= 4 is 0 Å². The fourth-order valence-corrected chi connectivity index (χ4v) is 6.80. The number of fused-ring (bicyclic) bond motifs is 4. The van der Waals surface area contributed by atoms with Gasteiger partial charge in [0, 0.05) is 43.9 Å². The Morgan fingerprint density at radius 1 is 0.641 bits per heavy atom. The Balaban J connectivity index is 1.07. The lowest BCUT2D eigenvalue weighted by Gasteiger charge is -2.40. The molecule has 0 saturated carbocycles. The Bertz CT molecular complexity index is 1310.